The van der Waals surface area contributed by atoms with Crippen molar-refractivity contribution in [3.05, 3.63) is 49.1 Å². The van der Waals surface area contributed by atoms with E-state index >= 15 is 0 Å². The van der Waals surface area contributed by atoms with Crippen molar-refractivity contribution >= 4 is 51.2 Å². The molecule has 4 nitrogen and oxygen atoms in total. The summed E-state index contributed by atoms with van der Waals surface area (Å²) in [7, 11) is 0. The van der Waals surface area contributed by atoms with Crippen LogP contribution in [0.15, 0.2) is 30.6 Å². The predicted molar refractivity (Wildman–Crippen MR) is 101 cm³/mol. The number of aromatic nitrogens is 2. The number of H-pyrrole nitrogens is 1. The molecule has 0 bridgehead atoms. The van der Waals surface area contributed by atoms with Crippen LogP contribution in [-0.2, 0) is 14.9 Å². The van der Waals surface area contributed by atoms with E-state index < -0.39 is 5.41 Å². The molecule has 1 N–H and O–H groups in total. The van der Waals surface area contributed by atoms with E-state index in [1.807, 2.05) is 0 Å². The van der Waals surface area contributed by atoms with E-state index in [2.05, 4.69) is 80.3 Å². The summed E-state index contributed by atoms with van der Waals surface area (Å²) in [6, 6.07) is 6.20. The number of halogens is 2. The Balaban J connectivity index is 2.14. The number of hydrogen-bond acceptors (Lipinski definition) is 3. The molecule has 3 rings (SSSR count). The van der Waals surface area contributed by atoms with Gasteiger partial charge in [0.05, 0.1) is 0 Å². The van der Waals surface area contributed by atoms with Crippen molar-refractivity contribution in [2.75, 3.05) is 0 Å². The molecule has 0 amide bonds. The Hall–Kier alpha value is -0.640. The van der Waals surface area contributed by atoms with Crippen molar-refractivity contribution in [3.8, 4) is 0 Å². The van der Waals surface area contributed by atoms with Crippen LogP contribution >= 0.6 is 45.2 Å². The third-order valence-corrected chi connectivity index (χ3v) is 5.27. The number of carbonyl (C=O) groups excluding carboxylic acids is 1. The van der Waals surface area contributed by atoms with Gasteiger partial charge in [-0.1, -0.05) is 13.3 Å². The van der Waals surface area contributed by atoms with E-state index in [1.54, 1.807) is 12.4 Å². The SMILES string of the molecule is CCCC1CC(c2cc(I)cc(I)c2)(c2ncc[nH]2)C(=O)O1. The number of cyclic esters (lactones) is 1. The zero-order chi connectivity index (χ0) is 15.7. The highest BCUT2D eigenvalue weighted by Gasteiger charge is 2.53. The van der Waals surface area contributed by atoms with E-state index in [0.717, 1.165) is 25.5 Å². The minimum Gasteiger partial charge on any atom is -0.461 e. The second-order valence-electron chi connectivity index (χ2n) is 5.52. The van der Waals surface area contributed by atoms with Crippen molar-refractivity contribution < 1.29 is 9.53 Å². The summed E-state index contributed by atoms with van der Waals surface area (Å²) in [4.78, 5) is 20.3. The number of aromatic amines is 1. The Kier molecular flexibility index (Phi) is 4.77. The molecule has 116 valence electrons. The summed E-state index contributed by atoms with van der Waals surface area (Å²) in [5, 5.41) is 0. The van der Waals surface area contributed by atoms with Crippen LogP contribution in [0.2, 0.25) is 0 Å². The standard InChI is InChI=1S/C16H16I2N2O2/c1-2-3-13-9-16(15(21)22-13,14-19-4-5-20-14)10-6-11(17)8-12(18)7-10/h4-8,13H,2-3,9H2,1H3,(H,19,20). The van der Waals surface area contributed by atoms with Gasteiger partial charge in [-0.2, -0.15) is 0 Å². The molecular weight excluding hydrogens is 506 g/mol. The van der Waals surface area contributed by atoms with Crippen LogP contribution in [0.3, 0.4) is 0 Å². The number of nitrogens with zero attached hydrogens (tertiary/aromatic N) is 1. The number of ether oxygens (including phenoxy) is 1. The van der Waals surface area contributed by atoms with Crippen molar-refractivity contribution in [2.24, 2.45) is 0 Å². The largest absolute Gasteiger partial charge is 0.461 e. The quantitative estimate of drug-likeness (QED) is 0.488. The van der Waals surface area contributed by atoms with E-state index in [-0.39, 0.29) is 12.1 Å². The highest BCUT2D eigenvalue weighted by molar-refractivity contribution is 14.1. The molecule has 2 atom stereocenters. The van der Waals surface area contributed by atoms with Gasteiger partial charge < -0.3 is 9.72 Å². The number of benzene rings is 1. The number of carbonyl (C=O) groups is 1. The van der Waals surface area contributed by atoms with Crippen molar-refractivity contribution in [2.45, 2.75) is 37.7 Å². The Bertz CT molecular complexity index is 667. The molecular formula is C16H16I2N2O2. The van der Waals surface area contributed by atoms with Gasteiger partial charge in [0.25, 0.3) is 0 Å². The summed E-state index contributed by atoms with van der Waals surface area (Å²) >= 11 is 4.57. The van der Waals surface area contributed by atoms with Crippen molar-refractivity contribution in [3.63, 3.8) is 0 Å². The Morgan fingerprint density at radius 1 is 1.36 bits per heavy atom. The minimum atomic E-state index is -0.815. The summed E-state index contributed by atoms with van der Waals surface area (Å²) in [6.45, 7) is 2.11. The number of imidazole rings is 1. The summed E-state index contributed by atoms with van der Waals surface area (Å²) in [6.07, 6.45) is 5.93. The van der Waals surface area contributed by atoms with Gasteiger partial charge in [-0.15, -0.1) is 0 Å². The number of rotatable bonds is 4. The van der Waals surface area contributed by atoms with Crippen LogP contribution < -0.4 is 0 Å². The Labute approximate surface area is 156 Å². The van der Waals surface area contributed by atoms with E-state index in [1.165, 1.54) is 0 Å². The normalized spacial score (nSPS) is 24.5. The van der Waals surface area contributed by atoms with Crippen LogP contribution in [0, 0.1) is 7.14 Å². The summed E-state index contributed by atoms with van der Waals surface area (Å²) in [5.74, 6) is 0.479. The zero-order valence-electron chi connectivity index (χ0n) is 12.1. The third-order valence-electron chi connectivity index (χ3n) is 4.02. The van der Waals surface area contributed by atoms with Gasteiger partial charge in [0.1, 0.15) is 11.9 Å². The topological polar surface area (TPSA) is 55.0 Å². The number of hydrogen-bond donors (Lipinski definition) is 1. The van der Waals surface area contributed by atoms with E-state index in [4.69, 9.17) is 4.74 Å². The van der Waals surface area contributed by atoms with Gasteiger partial charge in [0.15, 0.2) is 5.41 Å². The average molecular weight is 522 g/mol. The average Bonchev–Trinajstić information content (AvgIpc) is 3.06. The molecule has 1 aliphatic heterocycles. The lowest BCUT2D eigenvalue weighted by atomic mass is 9.76. The van der Waals surface area contributed by atoms with Gasteiger partial charge in [0.2, 0.25) is 0 Å². The molecule has 2 aromatic rings. The second kappa shape index (κ2) is 6.46. The second-order valence-corrected chi connectivity index (χ2v) is 8.01. The van der Waals surface area contributed by atoms with E-state index in [9.17, 15) is 4.79 Å². The van der Waals surface area contributed by atoms with Gasteiger partial charge in [0, 0.05) is 26.0 Å². The summed E-state index contributed by atoms with van der Waals surface area (Å²) < 4.78 is 7.89. The van der Waals surface area contributed by atoms with Crippen LogP contribution in [0.5, 0.6) is 0 Å². The Morgan fingerprint density at radius 3 is 2.68 bits per heavy atom. The first-order valence-corrected chi connectivity index (χ1v) is 9.39. The molecule has 0 spiro atoms. The van der Waals surface area contributed by atoms with Gasteiger partial charge in [-0.05, 0) is 75.4 Å². The number of nitrogens with one attached hydrogen (secondary N) is 1. The molecule has 1 aromatic heterocycles. The molecule has 1 aliphatic rings. The van der Waals surface area contributed by atoms with Gasteiger partial charge in [-0.3, -0.25) is 4.79 Å². The smallest absolute Gasteiger partial charge is 0.324 e. The maximum absolute atomic E-state index is 12.8. The minimum absolute atomic E-state index is 0.0434. The lowest BCUT2D eigenvalue weighted by Crippen LogP contribution is -2.34. The molecule has 6 heteroatoms. The molecule has 22 heavy (non-hydrogen) atoms. The molecule has 2 heterocycles. The highest BCUT2D eigenvalue weighted by Crippen LogP contribution is 2.43. The van der Waals surface area contributed by atoms with Gasteiger partial charge in [-0.25, -0.2) is 4.98 Å². The summed E-state index contributed by atoms with van der Waals surface area (Å²) in [5.41, 5.74) is 0.145. The lowest BCUT2D eigenvalue weighted by Gasteiger charge is -2.23. The maximum Gasteiger partial charge on any atom is 0.324 e. The third kappa shape index (κ3) is 2.79. The highest BCUT2D eigenvalue weighted by atomic mass is 127. The molecule has 1 saturated heterocycles. The monoisotopic (exact) mass is 522 g/mol. The fraction of sp³-hybridized carbons (Fsp3) is 0.375. The first kappa shape index (κ1) is 16.2. The fourth-order valence-corrected chi connectivity index (χ4v) is 5.00. The fourth-order valence-electron chi connectivity index (χ4n) is 3.07. The molecule has 0 aliphatic carbocycles. The van der Waals surface area contributed by atoms with Gasteiger partial charge >= 0.3 is 5.97 Å². The molecule has 2 unspecified atom stereocenters. The number of esters is 1. The Morgan fingerprint density at radius 2 is 2.09 bits per heavy atom. The predicted octanol–water partition coefficient (Wildman–Crippen LogP) is 4.02. The molecule has 0 saturated carbocycles. The maximum atomic E-state index is 12.8. The molecule has 1 fully saturated rings. The van der Waals surface area contributed by atoms with Crippen molar-refractivity contribution in [1.29, 1.82) is 0 Å². The van der Waals surface area contributed by atoms with Crippen LogP contribution in [-0.4, -0.2) is 22.0 Å². The zero-order valence-corrected chi connectivity index (χ0v) is 16.4. The lowest BCUT2D eigenvalue weighted by molar-refractivity contribution is -0.144. The van der Waals surface area contributed by atoms with Crippen LogP contribution in [0.1, 0.15) is 37.6 Å². The first-order chi connectivity index (χ1) is 10.6. The van der Waals surface area contributed by atoms with E-state index in [0.29, 0.717) is 12.2 Å². The van der Waals surface area contributed by atoms with Crippen LogP contribution in [0.25, 0.3) is 0 Å². The van der Waals surface area contributed by atoms with Crippen LogP contribution in [0.4, 0.5) is 0 Å². The molecule has 1 aromatic carbocycles. The molecule has 0 radical (unpaired) electrons. The van der Waals surface area contributed by atoms with Crippen molar-refractivity contribution in [1.82, 2.24) is 9.97 Å². The first-order valence-electron chi connectivity index (χ1n) is 7.23.